The second kappa shape index (κ2) is 4.18. The van der Waals surface area contributed by atoms with Crippen molar-refractivity contribution >= 4 is 11.9 Å². The lowest BCUT2D eigenvalue weighted by atomic mass is 10.2. The number of carbonyl (C=O) groups excluding carboxylic acids is 1. The van der Waals surface area contributed by atoms with Crippen molar-refractivity contribution in [2.75, 3.05) is 26.3 Å². The van der Waals surface area contributed by atoms with E-state index in [1.54, 1.807) is 4.90 Å². The number of nitrogens with zero attached hydrogens (tertiary/aromatic N) is 1. The van der Waals surface area contributed by atoms with E-state index in [-0.39, 0.29) is 11.8 Å². The van der Waals surface area contributed by atoms with Crippen molar-refractivity contribution in [1.82, 2.24) is 4.90 Å². The highest BCUT2D eigenvalue weighted by Gasteiger charge is 2.49. The lowest BCUT2D eigenvalue weighted by Gasteiger charge is -2.19. The van der Waals surface area contributed by atoms with Crippen molar-refractivity contribution in [3.63, 3.8) is 0 Å². The summed E-state index contributed by atoms with van der Waals surface area (Å²) in [6, 6.07) is 0. The number of hydrogen-bond donors (Lipinski definition) is 1. The van der Waals surface area contributed by atoms with Crippen molar-refractivity contribution in [2.45, 2.75) is 12.8 Å². The maximum Gasteiger partial charge on any atom is 0.307 e. The zero-order chi connectivity index (χ0) is 10.8. The summed E-state index contributed by atoms with van der Waals surface area (Å²) in [6.07, 6.45) is 1.35. The molecule has 2 rings (SSSR count). The largest absolute Gasteiger partial charge is 0.481 e. The molecule has 0 bridgehead atoms. The van der Waals surface area contributed by atoms with Crippen molar-refractivity contribution in [2.24, 2.45) is 11.8 Å². The molecule has 2 unspecified atom stereocenters. The molecular weight excluding hydrogens is 198 g/mol. The summed E-state index contributed by atoms with van der Waals surface area (Å²) in [4.78, 5) is 24.2. The first kappa shape index (κ1) is 10.4. The average Bonchev–Trinajstić information content (AvgIpc) is 3.02. The number of aliphatic carboxylic acids is 1. The van der Waals surface area contributed by atoms with Gasteiger partial charge < -0.3 is 14.7 Å². The van der Waals surface area contributed by atoms with Gasteiger partial charge in [-0.1, -0.05) is 0 Å². The quantitative estimate of drug-likeness (QED) is 0.698. The molecule has 5 nitrogen and oxygen atoms in total. The fraction of sp³-hybridized carbons (Fsp3) is 0.800. The number of carbonyl (C=O) groups is 2. The minimum absolute atomic E-state index is 0.00657. The van der Waals surface area contributed by atoms with Gasteiger partial charge >= 0.3 is 5.97 Å². The van der Waals surface area contributed by atoms with Crippen LogP contribution in [0.1, 0.15) is 12.8 Å². The molecule has 0 aromatic heterocycles. The second-order valence-corrected chi connectivity index (χ2v) is 4.08. The molecule has 1 heterocycles. The summed E-state index contributed by atoms with van der Waals surface area (Å²) in [5.41, 5.74) is 0. The predicted octanol–water partition coefficient (Wildman–Crippen LogP) is -0.0440. The van der Waals surface area contributed by atoms with Gasteiger partial charge in [0.25, 0.3) is 0 Å². The molecule has 0 radical (unpaired) electrons. The summed E-state index contributed by atoms with van der Waals surface area (Å²) < 4.78 is 5.24. The van der Waals surface area contributed by atoms with Gasteiger partial charge in [0, 0.05) is 19.7 Å². The molecular formula is C10H15NO4. The molecule has 2 fully saturated rings. The smallest absolute Gasteiger partial charge is 0.307 e. The zero-order valence-electron chi connectivity index (χ0n) is 8.52. The van der Waals surface area contributed by atoms with Crippen LogP contribution >= 0.6 is 0 Å². The second-order valence-electron chi connectivity index (χ2n) is 4.08. The van der Waals surface area contributed by atoms with Gasteiger partial charge in [0.15, 0.2) is 0 Å². The number of hydrogen-bond acceptors (Lipinski definition) is 3. The van der Waals surface area contributed by atoms with E-state index in [4.69, 9.17) is 9.84 Å². The van der Waals surface area contributed by atoms with E-state index in [2.05, 4.69) is 0 Å². The maximum atomic E-state index is 11.8. The first-order chi connectivity index (χ1) is 7.20. The number of carboxylic acid groups (broad SMARTS) is 1. The van der Waals surface area contributed by atoms with Gasteiger partial charge in [-0.3, -0.25) is 9.59 Å². The minimum Gasteiger partial charge on any atom is -0.481 e. The SMILES string of the molecule is O=C(O)C1CC1C(=O)N1CCCOCC1. The Hall–Kier alpha value is -1.10. The molecule has 1 aliphatic heterocycles. The van der Waals surface area contributed by atoms with Gasteiger partial charge in [-0.15, -0.1) is 0 Å². The van der Waals surface area contributed by atoms with Gasteiger partial charge in [0.05, 0.1) is 18.4 Å². The third-order valence-electron chi connectivity index (χ3n) is 2.96. The van der Waals surface area contributed by atoms with Gasteiger partial charge in [-0.05, 0) is 12.8 Å². The van der Waals surface area contributed by atoms with Gasteiger partial charge in [-0.2, -0.15) is 0 Å². The third kappa shape index (κ3) is 2.28. The predicted molar refractivity (Wildman–Crippen MR) is 51.2 cm³/mol. The fourth-order valence-corrected chi connectivity index (χ4v) is 1.94. The molecule has 1 N–H and O–H groups in total. The molecule has 84 valence electrons. The highest BCUT2D eigenvalue weighted by Crippen LogP contribution is 2.40. The molecule has 2 aliphatic rings. The topological polar surface area (TPSA) is 66.8 Å². The Morgan fingerprint density at radius 3 is 2.67 bits per heavy atom. The Balaban J connectivity index is 1.88. The Bertz CT molecular complexity index is 271. The lowest BCUT2D eigenvalue weighted by molar-refractivity contribution is -0.142. The lowest BCUT2D eigenvalue weighted by Crippen LogP contribution is -2.35. The van der Waals surface area contributed by atoms with Crippen LogP contribution in [0.3, 0.4) is 0 Å². The molecule has 1 aliphatic carbocycles. The van der Waals surface area contributed by atoms with Crippen LogP contribution in [0.4, 0.5) is 0 Å². The van der Waals surface area contributed by atoms with E-state index in [0.717, 1.165) is 6.42 Å². The van der Waals surface area contributed by atoms with Gasteiger partial charge in [0.1, 0.15) is 0 Å². The highest BCUT2D eigenvalue weighted by molar-refractivity contribution is 5.89. The molecule has 0 aromatic carbocycles. The van der Waals surface area contributed by atoms with Gasteiger partial charge in [0.2, 0.25) is 5.91 Å². The summed E-state index contributed by atoms with van der Waals surface area (Å²) >= 11 is 0. The Morgan fingerprint density at radius 1 is 1.20 bits per heavy atom. The monoisotopic (exact) mass is 213 g/mol. The molecule has 1 saturated carbocycles. The number of ether oxygens (including phenoxy) is 1. The van der Waals surface area contributed by atoms with E-state index in [1.165, 1.54) is 0 Å². The Kier molecular flexibility index (Phi) is 2.90. The first-order valence-corrected chi connectivity index (χ1v) is 5.29. The van der Waals surface area contributed by atoms with Crippen molar-refractivity contribution in [3.05, 3.63) is 0 Å². The molecule has 2 atom stereocenters. The van der Waals surface area contributed by atoms with Crippen LogP contribution < -0.4 is 0 Å². The maximum absolute atomic E-state index is 11.8. The first-order valence-electron chi connectivity index (χ1n) is 5.29. The minimum atomic E-state index is -0.848. The zero-order valence-corrected chi connectivity index (χ0v) is 8.52. The van der Waals surface area contributed by atoms with Crippen molar-refractivity contribution in [3.8, 4) is 0 Å². The molecule has 0 aromatic rings. The number of amides is 1. The normalized spacial score (nSPS) is 30.8. The summed E-state index contributed by atoms with van der Waals surface area (Å²) in [5.74, 6) is -1.57. The molecule has 0 spiro atoms. The fourth-order valence-electron chi connectivity index (χ4n) is 1.94. The van der Waals surface area contributed by atoms with E-state index >= 15 is 0 Å². The standard InChI is InChI=1S/C10H15NO4/c12-9(7-6-8(7)10(13)14)11-2-1-4-15-5-3-11/h7-8H,1-6H2,(H,13,14). The molecule has 1 amide bonds. The Morgan fingerprint density at radius 2 is 2.00 bits per heavy atom. The third-order valence-corrected chi connectivity index (χ3v) is 2.96. The van der Waals surface area contributed by atoms with Crippen LogP contribution in [0.15, 0.2) is 0 Å². The summed E-state index contributed by atoms with van der Waals surface area (Å²) in [6.45, 7) is 2.55. The molecule has 1 saturated heterocycles. The van der Waals surface area contributed by atoms with Crippen LogP contribution in [0.5, 0.6) is 0 Å². The summed E-state index contributed by atoms with van der Waals surface area (Å²) in [7, 11) is 0. The molecule has 15 heavy (non-hydrogen) atoms. The van der Waals surface area contributed by atoms with Gasteiger partial charge in [-0.25, -0.2) is 0 Å². The number of carboxylic acids is 1. The molecule has 5 heteroatoms. The highest BCUT2D eigenvalue weighted by atomic mass is 16.5. The van der Waals surface area contributed by atoms with E-state index in [0.29, 0.717) is 32.7 Å². The van der Waals surface area contributed by atoms with Crippen LogP contribution in [0.2, 0.25) is 0 Å². The van der Waals surface area contributed by atoms with E-state index in [9.17, 15) is 9.59 Å². The Labute approximate surface area is 88.0 Å². The van der Waals surface area contributed by atoms with Crippen molar-refractivity contribution < 1.29 is 19.4 Å². The van der Waals surface area contributed by atoms with Crippen LogP contribution in [-0.2, 0) is 14.3 Å². The average molecular weight is 213 g/mol. The summed E-state index contributed by atoms with van der Waals surface area (Å²) in [5, 5.41) is 8.73. The van der Waals surface area contributed by atoms with Crippen molar-refractivity contribution in [1.29, 1.82) is 0 Å². The van der Waals surface area contributed by atoms with E-state index < -0.39 is 11.9 Å². The van der Waals surface area contributed by atoms with Crippen LogP contribution in [0.25, 0.3) is 0 Å². The van der Waals surface area contributed by atoms with E-state index in [1.807, 2.05) is 0 Å². The van der Waals surface area contributed by atoms with Crippen LogP contribution in [-0.4, -0.2) is 48.2 Å². The van der Waals surface area contributed by atoms with Crippen LogP contribution in [0, 0.1) is 11.8 Å². The number of rotatable bonds is 2.